The molecule has 0 fully saturated rings. The Morgan fingerprint density at radius 1 is 0.964 bits per heavy atom. The highest BCUT2D eigenvalue weighted by Crippen LogP contribution is 2.27. The second-order valence-corrected chi connectivity index (χ2v) is 6.13. The Balaban J connectivity index is 1.78. The van der Waals surface area contributed by atoms with E-state index in [-0.39, 0.29) is 23.3 Å². The monoisotopic (exact) mass is 383 g/mol. The summed E-state index contributed by atoms with van der Waals surface area (Å²) in [5, 5.41) is 0.458. The molecule has 8 nitrogen and oxygen atoms in total. The van der Waals surface area contributed by atoms with Gasteiger partial charge < -0.3 is 14.3 Å². The van der Waals surface area contributed by atoms with Crippen molar-refractivity contribution in [2.24, 2.45) is 0 Å². The van der Waals surface area contributed by atoms with Gasteiger partial charge in [0, 0.05) is 0 Å². The van der Waals surface area contributed by atoms with Gasteiger partial charge >= 0.3 is 11.9 Å². The Hall–Kier alpha value is -3.68. The fourth-order valence-corrected chi connectivity index (χ4v) is 2.87. The number of benzene rings is 2. The zero-order chi connectivity index (χ0) is 20.4. The molecule has 28 heavy (non-hydrogen) atoms. The highest BCUT2D eigenvalue weighted by Gasteiger charge is 2.38. The van der Waals surface area contributed by atoms with E-state index in [1.54, 1.807) is 26.0 Å². The molecule has 2 aromatic rings. The van der Waals surface area contributed by atoms with Crippen LogP contribution in [0.15, 0.2) is 36.4 Å². The first kappa shape index (κ1) is 19.1. The maximum atomic E-state index is 12.5. The molecule has 1 aliphatic heterocycles. The van der Waals surface area contributed by atoms with Gasteiger partial charge in [-0.1, -0.05) is 17.2 Å². The normalized spacial score (nSPS) is 12.6. The van der Waals surface area contributed by atoms with Gasteiger partial charge in [-0.05, 0) is 49.2 Å². The van der Waals surface area contributed by atoms with E-state index in [9.17, 15) is 19.2 Å². The average Bonchev–Trinajstić information content (AvgIpc) is 2.92. The third-order valence-electron chi connectivity index (χ3n) is 4.19. The van der Waals surface area contributed by atoms with Crippen molar-refractivity contribution in [1.82, 2.24) is 5.06 Å². The van der Waals surface area contributed by atoms with Crippen molar-refractivity contribution in [2.75, 3.05) is 13.7 Å². The molecule has 0 unspecified atom stereocenters. The highest BCUT2D eigenvalue weighted by atomic mass is 16.7. The second-order valence-electron chi connectivity index (χ2n) is 6.13. The van der Waals surface area contributed by atoms with Crippen LogP contribution in [0.3, 0.4) is 0 Å². The van der Waals surface area contributed by atoms with Gasteiger partial charge in [0.15, 0.2) is 6.61 Å². The minimum absolute atomic E-state index is 0.136. The topological polar surface area (TPSA) is 99.2 Å². The minimum Gasteiger partial charge on any atom is -0.481 e. The lowest BCUT2D eigenvalue weighted by Gasteiger charge is -2.15. The number of rotatable bonds is 5. The summed E-state index contributed by atoms with van der Waals surface area (Å²) in [4.78, 5) is 53.4. The highest BCUT2D eigenvalue weighted by molar-refractivity contribution is 6.21. The number of imide groups is 1. The summed E-state index contributed by atoms with van der Waals surface area (Å²) in [6.07, 6.45) is 0. The maximum absolute atomic E-state index is 12.5. The third-order valence-corrected chi connectivity index (χ3v) is 4.19. The molecular weight excluding hydrogens is 366 g/mol. The first-order chi connectivity index (χ1) is 13.3. The number of ether oxygens (including phenoxy) is 2. The summed E-state index contributed by atoms with van der Waals surface area (Å²) >= 11 is 0. The largest absolute Gasteiger partial charge is 0.481 e. The molecule has 3 rings (SSSR count). The quantitative estimate of drug-likeness (QED) is 0.577. The molecule has 0 N–H and O–H groups in total. The number of carbonyl (C=O) groups is 4. The number of methoxy groups -OCH3 is 1. The Morgan fingerprint density at radius 3 is 2.00 bits per heavy atom. The van der Waals surface area contributed by atoms with E-state index < -0.39 is 23.8 Å². The van der Waals surface area contributed by atoms with Gasteiger partial charge in [0.25, 0.3) is 11.8 Å². The first-order valence-electron chi connectivity index (χ1n) is 8.34. The van der Waals surface area contributed by atoms with Gasteiger partial charge in [-0.2, -0.15) is 0 Å². The van der Waals surface area contributed by atoms with Gasteiger partial charge in [-0.25, -0.2) is 9.59 Å². The van der Waals surface area contributed by atoms with Crippen LogP contribution in [-0.4, -0.2) is 42.5 Å². The lowest BCUT2D eigenvalue weighted by Crippen LogP contribution is -2.32. The SMILES string of the molecule is COC(=O)COc1c(C)cc(C(=O)ON2C(=O)c3ccccc3C2=O)cc1C. The molecule has 144 valence electrons. The van der Waals surface area contributed by atoms with Crippen molar-refractivity contribution in [3.63, 3.8) is 0 Å². The molecule has 0 bridgehead atoms. The van der Waals surface area contributed by atoms with Gasteiger partial charge in [0.05, 0.1) is 23.8 Å². The molecule has 1 heterocycles. The Morgan fingerprint density at radius 2 is 1.50 bits per heavy atom. The minimum atomic E-state index is -0.861. The number of fused-ring (bicyclic) bond motifs is 1. The van der Waals surface area contributed by atoms with Crippen LogP contribution in [0.25, 0.3) is 0 Å². The fourth-order valence-electron chi connectivity index (χ4n) is 2.87. The number of hydroxylamine groups is 2. The maximum Gasteiger partial charge on any atom is 0.363 e. The van der Waals surface area contributed by atoms with Gasteiger partial charge in [0.1, 0.15) is 5.75 Å². The van der Waals surface area contributed by atoms with Crippen molar-refractivity contribution >= 4 is 23.8 Å². The van der Waals surface area contributed by atoms with Crippen LogP contribution in [0.2, 0.25) is 0 Å². The van der Waals surface area contributed by atoms with Crippen molar-refractivity contribution in [3.05, 3.63) is 64.2 Å². The third kappa shape index (κ3) is 3.44. The molecule has 2 aromatic carbocycles. The molecule has 8 heteroatoms. The zero-order valence-corrected chi connectivity index (χ0v) is 15.5. The number of esters is 1. The van der Waals surface area contributed by atoms with Crippen molar-refractivity contribution in [1.29, 1.82) is 0 Å². The summed E-state index contributed by atoms with van der Waals surface area (Å²) in [5.74, 6) is -2.35. The molecule has 0 aliphatic carbocycles. The summed E-state index contributed by atoms with van der Waals surface area (Å²) in [6, 6.07) is 9.20. The molecule has 0 aromatic heterocycles. The lowest BCUT2D eigenvalue weighted by molar-refractivity contribution is -0.142. The van der Waals surface area contributed by atoms with E-state index in [0.29, 0.717) is 21.9 Å². The van der Waals surface area contributed by atoms with Crippen LogP contribution >= 0.6 is 0 Å². The molecule has 0 radical (unpaired) electrons. The van der Waals surface area contributed by atoms with E-state index in [0.717, 1.165) is 0 Å². The van der Waals surface area contributed by atoms with Gasteiger partial charge in [-0.15, -0.1) is 0 Å². The van der Waals surface area contributed by atoms with Crippen LogP contribution in [0, 0.1) is 13.8 Å². The summed E-state index contributed by atoms with van der Waals surface area (Å²) < 4.78 is 9.95. The van der Waals surface area contributed by atoms with E-state index in [4.69, 9.17) is 9.57 Å². The van der Waals surface area contributed by atoms with E-state index in [1.807, 2.05) is 0 Å². The molecular formula is C20H17NO7. The molecule has 0 saturated carbocycles. The van der Waals surface area contributed by atoms with Crippen molar-refractivity contribution in [3.8, 4) is 5.75 Å². The van der Waals surface area contributed by atoms with Crippen LogP contribution in [0.1, 0.15) is 42.2 Å². The van der Waals surface area contributed by atoms with Gasteiger partial charge in [-0.3, -0.25) is 9.59 Å². The van der Waals surface area contributed by atoms with E-state index in [2.05, 4.69) is 4.74 Å². The molecule has 0 spiro atoms. The van der Waals surface area contributed by atoms with E-state index in [1.165, 1.54) is 31.4 Å². The number of hydrogen-bond acceptors (Lipinski definition) is 7. The van der Waals surface area contributed by atoms with Crippen LogP contribution in [0.4, 0.5) is 0 Å². The molecule has 0 saturated heterocycles. The molecule has 2 amide bonds. The summed E-state index contributed by atoms with van der Waals surface area (Å²) in [6.45, 7) is 3.12. The standard InChI is InChI=1S/C20H17NO7/c1-11-8-13(9-12(2)17(11)27-10-16(22)26-3)20(25)28-21-18(23)14-6-4-5-7-15(14)19(21)24/h4-9H,10H2,1-3H3. The fraction of sp³-hybridized carbons (Fsp3) is 0.200. The Labute approximate surface area is 160 Å². The predicted octanol–water partition coefficient (Wildman–Crippen LogP) is 2.22. The van der Waals surface area contributed by atoms with Crippen molar-refractivity contribution in [2.45, 2.75) is 13.8 Å². The molecule has 0 atom stereocenters. The number of aryl methyl sites for hydroxylation is 2. The average molecular weight is 383 g/mol. The van der Waals surface area contributed by atoms with Crippen LogP contribution in [0.5, 0.6) is 5.75 Å². The number of carbonyl (C=O) groups excluding carboxylic acids is 4. The van der Waals surface area contributed by atoms with Gasteiger partial charge in [0.2, 0.25) is 0 Å². The van der Waals surface area contributed by atoms with Crippen LogP contribution < -0.4 is 4.74 Å². The lowest BCUT2D eigenvalue weighted by atomic mass is 10.1. The molecule has 1 aliphatic rings. The second kappa shape index (κ2) is 7.51. The predicted molar refractivity (Wildman–Crippen MR) is 95.8 cm³/mol. The first-order valence-corrected chi connectivity index (χ1v) is 8.34. The number of nitrogens with zero attached hydrogens (tertiary/aromatic N) is 1. The van der Waals surface area contributed by atoms with Crippen molar-refractivity contribution < 1.29 is 33.5 Å². The smallest absolute Gasteiger partial charge is 0.363 e. The Kier molecular flexibility index (Phi) is 5.12. The summed E-state index contributed by atoms with van der Waals surface area (Å²) in [7, 11) is 1.25. The Bertz CT molecular complexity index is 938. The number of amides is 2. The van der Waals surface area contributed by atoms with Crippen LogP contribution in [-0.2, 0) is 14.4 Å². The number of hydrogen-bond donors (Lipinski definition) is 0. The zero-order valence-electron chi connectivity index (χ0n) is 15.5. The summed E-state index contributed by atoms with van der Waals surface area (Å²) in [5.41, 5.74) is 1.66. The van der Waals surface area contributed by atoms with E-state index >= 15 is 0 Å².